The number of halogens is 1. The molecule has 1 heterocycles. The summed E-state index contributed by atoms with van der Waals surface area (Å²) < 4.78 is 0. The summed E-state index contributed by atoms with van der Waals surface area (Å²) in [4.78, 5) is 13.1. The molecule has 0 fully saturated rings. The molecule has 0 aliphatic carbocycles. The molecule has 0 atom stereocenters. The minimum Gasteiger partial charge on any atom is -0.357 e. The van der Waals surface area contributed by atoms with E-state index in [4.69, 9.17) is 11.6 Å². The number of aldehydes is 1. The maximum absolute atomic E-state index is 10.3. The van der Waals surface area contributed by atoms with E-state index < -0.39 is 0 Å². The van der Waals surface area contributed by atoms with E-state index in [-0.39, 0.29) is 0 Å². The zero-order valence-electron chi connectivity index (χ0n) is 5.65. The predicted molar refractivity (Wildman–Crippen MR) is 40.6 cm³/mol. The van der Waals surface area contributed by atoms with Crippen molar-refractivity contribution in [3.8, 4) is 0 Å². The fourth-order valence-electron chi connectivity index (χ4n) is 0.908. The molecule has 0 unspecified atom stereocenters. The third-order valence-corrected chi connectivity index (χ3v) is 1.78. The Hall–Kier alpha value is -0.760. The van der Waals surface area contributed by atoms with Gasteiger partial charge in [0.2, 0.25) is 0 Å². The van der Waals surface area contributed by atoms with Gasteiger partial charge in [-0.25, -0.2) is 0 Å². The van der Waals surface area contributed by atoms with Crippen LogP contribution in [0.1, 0.15) is 23.0 Å². The average molecular weight is 158 g/mol. The van der Waals surface area contributed by atoms with Gasteiger partial charge in [-0.15, -0.1) is 0 Å². The molecule has 0 radical (unpaired) electrons. The number of aromatic nitrogens is 1. The lowest BCUT2D eigenvalue weighted by Crippen LogP contribution is -1.85. The molecule has 0 amide bonds. The number of nitrogens with one attached hydrogen (secondary N) is 1. The van der Waals surface area contributed by atoms with Crippen LogP contribution in [0.25, 0.3) is 0 Å². The Morgan fingerprint density at radius 1 is 1.80 bits per heavy atom. The molecule has 54 valence electrons. The van der Waals surface area contributed by atoms with E-state index in [9.17, 15) is 4.79 Å². The standard InChI is InChI=1S/C7H8ClNO/c1-2-5-6(8)3-9-7(5)4-10/h3-4,9H,2H2,1H3. The van der Waals surface area contributed by atoms with Crippen LogP contribution in [-0.2, 0) is 6.42 Å². The molecular weight excluding hydrogens is 150 g/mol. The van der Waals surface area contributed by atoms with Crippen LogP contribution in [0.15, 0.2) is 6.20 Å². The van der Waals surface area contributed by atoms with Crippen LogP contribution in [0.4, 0.5) is 0 Å². The van der Waals surface area contributed by atoms with Crippen LogP contribution in [-0.4, -0.2) is 11.3 Å². The monoisotopic (exact) mass is 157 g/mol. The van der Waals surface area contributed by atoms with Gasteiger partial charge >= 0.3 is 0 Å². The lowest BCUT2D eigenvalue weighted by Gasteiger charge is -1.91. The Balaban J connectivity index is 3.12. The fraction of sp³-hybridized carbons (Fsp3) is 0.286. The second kappa shape index (κ2) is 2.88. The third kappa shape index (κ3) is 1.07. The molecule has 0 spiro atoms. The molecule has 1 rings (SSSR count). The summed E-state index contributed by atoms with van der Waals surface area (Å²) in [5, 5.41) is 0.643. The Bertz CT molecular complexity index is 242. The van der Waals surface area contributed by atoms with Gasteiger partial charge in [0.1, 0.15) is 0 Å². The Kier molecular flexibility index (Phi) is 2.12. The predicted octanol–water partition coefficient (Wildman–Crippen LogP) is 2.04. The first kappa shape index (κ1) is 7.35. The fourth-order valence-corrected chi connectivity index (χ4v) is 1.20. The first-order chi connectivity index (χ1) is 4.79. The SMILES string of the molecule is CCc1c(Cl)c[nH]c1C=O. The van der Waals surface area contributed by atoms with Gasteiger partial charge in [0, 0.05) is 6.20 Å². The Morgan fingerprint density at radius 2 is 2.50 bits per heavy atom. The Morgan fingerprint density at radius 3 is 2.90 bits per heavy atom. The zero-order chi connectivity index (χ0) is 7.56. The number of rotatable bonds is 2. The van der Waals surface area contributed by atoms with Gasteiger partial charge in [-0.05, 0) is 12.0 Å². The van der Waals surface area contributed by atoms with Crippen LogP contribution < -0.4 is 0 Å². The number of hydrogen-bond acceptors (Lipinski definition) is 1. The van der Waals surface area contributed by atoms with Crippen molar-refractivity contribution in [2.24, 2.45) is 0 Å². The summed E-state index contributed by atoms with van der Waals surface area (Å²) in [6.45, 7) is 1.96. The van der Waals surface area contributed by atoms with Gasteiger partial charge < -0.3 is 4.98 Å². The van der Waals surface area contributed by atoms with E-state index in [0.717, 1.165) is 18.3 Å². The van der Waals surface area contributed by atoms with Gasteiger partial charge in [-0.2, -0.15) is 0 Å². The summed E-state index contributed by atoms with van der Waals surface area (Å²) in [6.07, 6.45) is 3.20. The smallest absolute Gasteiger partial charge is 0.166 e. The van der Waals surface area contributed by atoms with E-state index in [1.165, 1.54) is 0 Å². The maximum Gasteiger partial charge on any atom is 0.166 e. The highest BCUT2D eigenvalue weighted by Crippen LogP contribution is 2.18. The summed E-state index contributed by atoms with van der Waals surface area (Å²) in [5.74, 6) is 0. The van der Waals surface area contributed by atoms with Crippen molar-refractivity contribution < 1.29 is 4.79 Å². The largest absolute Gasteiger partial charge is 0.357 e. The second-order valence-electron chi connectivity index (χ2n) is 2.00. The molecule has 1 aromatic heterocycles. The molecule has 0 aliphatic heterocycles. The van der Waals surface area contributed by atoms with Crippen molar-refractivity contribution in [3.63, 3.8) is 0 Å². The number of aromatic amines is 1. The molecule has 1 aromatic rings. The quantitative estimate of drug-likeness (QED) is 0.655. The van der Waals surface area contributed by atoms with Crippen LogP contribution in [0.5, 0.6) is 0 Å². The highest BCUT2D eigenvalue weighted by atomic mass is 35.5. The Labute approximate surface area is 64.2 Å². The van der Waals surface area contributed by atoms with E-state index in [1.807, 2.05) is 6.92 Å². The van der Waals surface area contributed by atoms with Crippen molar-refractivity contribution >= 4 is 17.9 Å². The number of H-pyrrole nitrogens is 1. The van der Waals surface area contributed by atoms with Crippen molar-refractivity contribution in [3.05, 3.63) is 22.5 Å². The first-order valence-corrected chi connectivity index (χ1v) is 3.48. The van der Waals surface area contributed by atoms with Crippen LogP contribution in [0.2, 0.25) is 5.02 Å². The minimum atomic E-state index is 0.590. The molecule has 2 nitrogen and oxygen atoms in total. The highest BCUT2D eigenvalue weighted by Gasteiger charge is 2.04. The van der Waals surface area contributed by atoms with Crippen molar-refractivity contribution in [2.75, 3.05) is 0 Å². The second-order valence-corrected chi connectivity index (χ2v) is 2.41. The topological polar surface area (TPSA) is 32.9 Å². The molecule has 0 saturated carbocycles. The lowest BCUT2D eigenvalue weighted by atomic mass is 10.2. The summed E-state index contributed by atoms with van der Waals surface area (Å²) in [7, 11) is 0. The third-order valence-electron chi connectivity index (χ3n) is 1.44. The van der Waals surface area contributed by atoms with E-state index in [1.54, 1.807) is 6.20 Å². The van der Waals surface area contributed by atoms with Crippen LogP contribution in [0, 0.1) is 0 Å². The molecule has 3 heteroatoms. The number of hydrogen-bond donors (Lipinski definition) is 1. The molecule has 10 heavy (non-hydrogen) atoms. The van der Waals surface area contributed by atoms with Crippen molar-refractivity contribution in [1.82, 2.24) is 4.98 Å². The number of carbonyl (C=O) groups excluding carboxylic acids is 1. The molecule has 0 bridgehead atoms. The van der Waals surface area contributed by atoms with Crippen molar-refractivity contribution in [1.29, 1.82) is 0 Å². The molecule has 0 saturated heterocycles. The van der Waals surface area contributed by atoms with Gasteiger partial charge in [0.25, 0.3) is 0 Å². The summed E-state index contributed by atoms with van der Waals surface area (Å²) >= 11 is 5.73. The van der Waals surface area contributed by atoms with Crippen LogP contribution in [0.3, 0.4) is 0 Å². The molecule has 0 aromatic carbocycles. The molecule has 0 aliphatic rings. The minimum absolute atomic E-state index is 0.590. The van der Waals surface area contributed by atoms with Gasteiger partial charge in [-0.1, -0.05) is 18.5 Å². The van der Waals surface area contributed by atoms with E-state index >= 15 is 0 Å². The van der Waals surface area contributed by atoms with E-state index in [2.05, 4.69) is 4.98 Å². The zero-order valence-corrected chi connectivity index (χ0v) is 6.40. The van der Waals surface area contributed by atoms with Crippen LogP contribution >= 0.6 is 11.6 Å². The maximum atomic E-state index is 10.3. The summed E-state index contributed by atoms with van der Waals surface area (Å²) in [6, 6.07) is 0. The normalized spacial score (nSPS) is 9.80. The van der Waals surface area contributed by atoms with Gasteiger partial charge in [-0.3, -0.25) is 4.79 Å². The van der Waals surface area contributed by atoms with Gasteiger partial charge in [0.15, 0.2) is 6.29 Å². The summed E-state index contributed by atoms with van der Waals surface area (Å²) in [5.41, 5.74) is 1.49. The van der Waals surface area contributed by atoms with Gasteiger partial charge in [0.05, 0.1) is 10.7 Å². The number of carbonyl (C=O) groups is 1. The lowest BCUT2D eigenvalue weighted by molar-refractivity contribution is 0.111. The molecular formula is C7H8ClNO. The van der Waals surface area contributed by atoms with Crippen molar-refractivity contribution in [2.45, 2.75) is 13.3 Å². The first-order valence-electron chi connectivity index (χ1n) is 3.10. The average Bonchev–Trinajstić information content (AvgIpc) is 2.30. The molecule has 1 N–H and O–H groups in total. The van der Waals surface area contributed by atoms with E-state index in [0.29, 0.717) is 10.7 Å². The highest BCUT2D eigenvalue weighted by molar-refractivity contribution is 6.31.